The van der Waals surface area contributed by atoms with Gasteiger partial charge in [-0.15, -0.1) is 0 Å². The Bertz CT molecular complexity index is 476. The summed E-state index contributed by atoms with van der Waals surface area (Å²) in [5, 5.41) is 0. The van der Waals surface area contributed by atoms with Crippen molar-refractivity contribution in [2.45, 2.75) is 13.5 Å². The normalized spacial score (nSPS) is 10.6. The van der Waals surface area contributed by atoms with Crippen molar-refractivity contribution in [1.29, 1.82) is 0 Å². The van der Waals surface area contributed by atoms with E-state index in [0.29, 0.717) is 12.1 Å². The number of halogens is 1. The Balaban J connectivity index is 2.59. The average molecular weight is 205 g/mol. The molecule has 0 unspecified atom stereocenters. The van der Waals surface area contributed by atoms with Gasteiger partial charge in [-0.2, -0.15) is 0 Å². The van der Waals surface area contributed by atoms with Crippen molar-refractivity contribution in [2.24, 2.45) is 5.73 Å². The molecule has 0 saturated heterocycles. The monoisotopic (exact) mass is 205 g/mol. The van der Waals surface area contributed by atoms with Crippen LogP contribution in [0.5, 0.6) is 0 Å². The maximum atomic E-state index is 13.3. The van der Waals surface area contributed by atoms with Gasteiger partial charge in [0.05, 0.1) is 17.7 Å². The number of hydrogen-bond acceptors (Lipinski definition) is 2. The molecule has 0 bridgehead atoms. The lowest BCUT2D eigenvalue weighted by molar-refractivity contribution is 0.616. The molecule has 0 aliphatic heterocycles. The van der Waals surface area contributed by atoms with E-state index in [0.717, 1.165) is 11.4 Å². The second kappa shape index (κ2) is 3.82. The third-order valence-corrected chi connectivity index (χ3v) is 2.42. The Labute approximate surface area is 87.4 Å². The standard InChI is InChI=1S/C11H12FN3/c1-8-10(12)3-2-4-11(8)15-7-14-6-9(15)5-13/h2-4,6-7H,5,13H2,1H3. The van der Waals surface area contributed by atoms with Gasteiger partial charge in [-0.1, -0.05) is 6.07 Å². The van der Waals surface area contributed by atoms with Gasteiger partial charge < -0.3 is 10.3 Å². The number of imidazole rings is 1. The van der Waals surface area contributed by atoms with E-state index in [2.05, 4.69) is 4.98 Å². The van der Waals surface area contributed by atoms with E-state index >= 15 is 0 Å². The molecule has 78 valence electrons. The third kappa shape index (κ3) is 1.64. The molecule has 0 aliphatic carbocycles. The smallest absolute Gasteiger partial charge is 0.128 e. The summed E-state index contributed by atoms with van der Waals surface area (Å²) >= 11 is 0. The number of nitrogens with two attached hydrogens (primary N) is 1. The fourth-order valence-corrected chi connectivity index (χ4v) is 1.55. The maximum absolute atomic E-state index is 13.3. The summed E-state index contributed by atoms with van der Waals surface area (Å²) in [6.45, 7) is 2.13. The Morgan fingerprint density at radius 3 is 3.00 bits per heavy atom. The van der Waals surface area contributed by atoms with Gasteiger partial charge in [0.1, 0.15) is 5.82 Å². The number of benzene rings is 1. The molecular formula is C11H12FN3. The van der Waals surface area contributed by atoms with Gasteiger partial charge in [0, 0.05) is 18.3 Å². The van der Waals surface area contributed by atoms with E-state index in [9.17, 15) is 4.39 Å². The Morgan fingerprint density at radius 1 is 1.47 bits per heavy atom. The fraction of sp³-hybridized carbons (Fsp3) is 0.182. The van der Waals surface area contributed by atoms with E-state index in [1.54, 1.807) is 30.1 Å². The number of nitrogens with zero attached hydrogens (tertiary/aromatic N) is 2. The van der Waals surface area contributed by atoms with Crippen molar-refractivity contribution in [3.05, 3.63) is 47.8 Å². The summed E-state index contributed by atoms with van der Waals surface area (Å²) in [7, 11) is 0. The molecule has 2 rings (SSSR count). The summed E-state index contributed by atoms with van der Waals surface area (Å²) in [4.78, 5) is 4.00. The van der Waals surface area contributed by atoms with Crippen LogP contribution >= 0.6 is 0 Å². The third-order valence-electron chi connectivity index (χ3n) is 2.42. The molecule has 3 nitrogen and oxygen atoms in total. The number of aromatic nitrogens is 2. The summed E-state index contributed by atoms with van der Waals surface area (Å²) in [6.07, 6.45) is 3.33. The Morgan fingerprint density at radius 2 is 2.27 bits per heavy atom. The highest BCUT2D eigenvalue weighted by Crippen LogP contribution is 2.18. The van der Waals surface area contributed by atoms with Crippen LogP contribution in [0, 0.1) is 12.7 Å². The van der Waals surface area contributed by atoms with Gasteiger partial charge in [0.15, 0.2) is 0 Å². The summed E-state index contributed by atoms with van der Waals surface area (Å²) in [5.74, 6) is -0.218. The molecule has 2 N–H and O–H groups in total. The van der Waals surface area contributed by atoms with E-state index < -0.39 is 0 Å². The van der Waals surface area contributed by atoms with Crippen LogP contribution in [0.25, 0.3) is 5.69 Å². The van der Waals surface area contributed by atoms with Gasteiger partial charge in [-0.25, -0.2) is 9.37 Å². The van der Waals surface area contributed by atoms with E-state index in [1.807, 2.05) is 6.07 Å². The zero-order valence-electron chi connectivity index (χ0n) is 8.44. The summed E-state index contributed by atoms with van der Waals surface area (Å²) in [5.41, 5.74) is 7.82. The van der Waals surface area contributed by atoms with Crippen LogP contribution in [0.4, 0.5) is 4.39 Å². The van der Waals surface area contributed by atoms with E-state index in [1.165, 1.54) is 6.07 Å². The molecule has 0 atom stereocenters. The molecule has 0 amide bonds. The second-order valence-corrected chi connectivity index (χ2v) is 3.34. The molecule has 1 aromatic heterocycles. The zero-order chi connectivity index (χ0) is 10.8. The van der Waals surface area contributed by atoms with Gasteiger partial charge in [-0.05, 0) is 19.1 Å². The molecule has 1 aromatic carbocycles. The van der Waals surface area contributed by atoms with Crippen molar-refractivity contribution in [3.8, 4) is 5.69 Å². The molecule has 0 aliphatic rings. The summed E-state index contributed by atoms with van der Waals surface area (Å²) in [6, 6.07) is 4.97. The SMILES string of the molecule is Cc1c(F)cccc1-n1cncc1CN. The quantitative estimate of drug-likeness (QED) is 0.812. The minimum Gasteiger partial charge on any atom is -0.325 e. The maximum Gasteiger partial charge on any atom is 0.128 e. The van der Waals surface area contributed by atoms with Crippen LogP contribution in [0.15, 0.2) is 30.7 Å². The molecule has 1 heterocycles. The van der Waals surface area contributed by atoms with Gasteiger partial charge >= 0.3 is 0 Å². The van der Waals surface area contributed by atoms with Crippen molar-refractivity contribution >= 4 is 0 Å². The first kappa shape index (κ1) is 9.86. The lowest BCUT2D eigenvalue weighted by atomic mass is 10.2. The molecule has 15 heavy (non-hydrogen) atoms. The van der Waals surface area contributed by atoms with Crippen LogP contribution in [0.2, 0.25) is 0 Å². The zero-order valence-corrected chi connectivity index (χ0v) is 8.44. The molecule has 4 heteroatoms. The highest BCUT2D eigenvalue weighted by atomic mass is 19.1. The van der Waals surface area contributed by atoms with Gasteiger partial charge in [0.2, 0.25) is 0 Å². The number of rotatable bonds is 2. The Hall–Kier alpha value is -1.68. The highest BCUT2D eigenvalue weighted by Gasteiger charge is 2.07. The first-order chi connectivity index (χ1) is 7.24. The van der Waals surface area contributed by atoms with Crippen LogP contribution in [0.3, 0.4) is 0 Å². The first-order valence-corrected chi connectivity index (χ1v) is 4.71. The van der Waals surface area contributed by atoms with Crippen LogP contribution in [-0.2, 0) is 6.54 Å². The molecular weight excluding hydrogens is 193 g/mol. The van der Waals surface area contributed by atoms with E-state index in [4.69, 9.17) is 5.73 Å². The number of hydrogen-bond donors (Lipinski definition) is 1. The van der Waals surface area contributed by atoms with E-state index in [-0.39, 0.29) is 5.82 Å². The highest BCUT2D eigenvalue weighted by molar-refractivity contribution is 5.42. The minimum absolute atomic E-state index is 0.218. The molecule has 0 spiro atoms. The van der Waals surface area contributed by atoms with Crippen LogP contribution in [-0.4, -0.2) is 9.55 Å². The predicted octanol–water partition coefficient (Wildman–Crippen LogP) is 1.78. The molecule has 0 radical (unpaired) electrons. The lowest BCUT2D eigenvalue weighted by Crippen LogP contribution is -2.06. The van der Waals surface area contributed by atoms with Crippen LogP contribution in [0.1, 0.15) is 11.3 Å². The van der Waals surface area contributed by atoms with Crippen molar-refractivity contribution < 1.29 is 4.39 Å². The van der Waals surface area contributed by atoms with Gasteiger partial charge in [0.25, 0.3) is 0 Å². The van der Waals surface area contributed by atoms with Crippen LogP contribution < -0.4 is 5.73 Å². The topological polar surface area (TPSA) is 43.8 Å². The first-order valence-electron chi connectivity index (χ1n) is 4.71. The second-order valence-electron chi connectivity index (χ2n) is 3.34. The Kier molecular flexibility index (Phi) is 2.51. The average Bonchev–Trinajstić information content (AvgIpc) is 2.70. The minimum atomic E-state index is -0.218. The predicted molar refractivity (Wildman–Crippen MR) is 56.2 cm³/mol. The largest absolute Gasteiger partial charge is 0.325 e. The molecule has 2 aromatic rings. The summed E-state index contributed by atoms with van der Waals surface area (Å²) < 4.78 is 15.1. The van der Waals surface area contributed by atoms with Crippen molar-refractivity contribution in [3.63, 3.8) is 0 Å². The van der Waals surface area contributed by atoms with Crippen molar-refractivity contribution in [2.75, 3.05) is 0 Å². The lowest BCUT2D eigenvalue weighted by Gasteiger charge is -2.10. The van der Waals surface area contributed by atoms with Crippen molar-refractivity contribution in [1.82, 2.24) is 9.55 Å². The fourth-order valence-electron chi connectivity index (χ4n) is 1.55. The van der Waals surface area contributed by atoms with Gasteiger partial charge in [-0.3, -0.25) is 0 Å². The molecule has 0 saturated carbocycles. The molecule has 0 fully saturated rings.